The van der Waals surface area contributed by atoms with Crippen molar-refractivity contribution >= 4 is 21.6 Å². The van der Waals surface area contributed by atoms with Gasteiger partial charge in [-0.1, -0.05) is 24.4 Å². The minimum Gasteiger partial charge on any atom is -0.207 e. The summed E-state index contributed by atoms with van der Waals surface area (Å²) in [5, 5.41) is 0.0700. The fraction of sp³-hybridized carbons (Fsp3) is 0.500. The fourth-order valence-corrected chi connectivity index (χ4v) is 4.10. The number of hydrogen-bond acceptors (Lipinski definition) is 2. The van der Waals surface area contributed by atoms with Gasteiger partial charge in [0, 0.05) is 13.1 Å². The van der Waals surface area contributed by atoms with E-state index in [2.05, 4.69) is 0 Å². The van der Waals surface area contributed by atoms with Crippen LogP contribution in [0.2, 0.25) is 5.02 Å². The van der Waals surface area contributed by atoms with E-state index >= 15 is 0 Å². The Balaban J connectivity index is 2.37. The lowest BCUT2D eigenvalue weighted by atomic mass is 10.2. The van der Waals surface area contributed by atoms with E-state index in [-0.39, 0.29) is 9.92 Å². The third-order valence-electron chi connectivity index (χ3n) is 3.08. The van der Waals surface area contributed by atoms with Crippen molar-refractivity contribution in [1.29, 1.82) is 0 Å². The zero-order valence-electron chi connectivity index (χ0n) is 9.90. The molecule has 1 saturated heterocycles. The molecule has 0 unspecified atom stereocenters. The lowest BCUT2D eigenvalue weighted by Crippen LogP contribution is -2.32. The van der Waals surface area contributed by atoms with Crippen molar-refractivity contribution in [2.45, 2.75) is 30.6 Å². The van der Waals surface area contributed by atoms with Crippen LogP contribution >= 0.6 is 11.6 Å². The Morgan fingerprint density at radius 3 is 2.33 bits per heavy atom. The predicted molar refractivity (Wildman–Crippen MR) is 68.6 cm³/mol. The van der Waals surface area contributed by atoms with Gasteiger partial charge in [-0.25, -0.2) is 12.8 Å². The molecule has 100 valence electrons. The highest BCUT2D eigenvalue weighted by Gasteiger charge is 2.27. The molecule has 1 fully saturated rings. The summed E-state index contributed by atoms with van der Waals surface area (Å²) in [5.41, 5.74) is 0. The number of halogens is 2. The minimum atomic E-state index is -3.68. The topological polar surface area (TPSA) is 37.4 Å². The molecule has 1 heterocycles. The van der Waals surface area contributed by atoms with E-state index in [1.54, 1.807) is 0 Å². The third-order valence-corrected chi connectivity index (χ3v) is 5.46. The molecular formula is C12H15ClFNO2S. The lowest BCUT2D eigenvalue weighted by Gasteiger charge is -2.20. The maximum atomic E-state index is 13.2. The van der Waals surface area contributed by atoms with Gasteiger partial charge in [-0.2, -0.15) is 4.31 Å². The van der Waals surface area contributed by atoms with Gasteiger partial charge < -0.3 is 0 Å². The molecule has 0 N–H and O–H groups in total. The summed E-state index contributed by atoms with van der Waals surface area (Å²) in [7, 11) is -3.68. The van der Waals surface area contributed by atoms with Crippen molar-refractivity contribution in [1.82, 2.24) is 4.31 Å². The van der Waals surface area contributed by atoms with Crippen LogP contribution in [0.5, 0.6) is 0 Å². The molecule has 0 amide bonds. The Labute approximate surface area is 112 Å². The van der Waals surface area contributed by atoms with Crippen molar-refractivity contribution in [3.63, 3.8) is 0 Å². The summed E-state index contributed by atoms with van der Waals surface area (Å²) >= 11 is 5.87. The highest BCUT2D eigenvalue weighted by molar-refractivity contribution is 7.89. The first kappa shape index (κ1) is 13.8. The molecule has 1 aromatic carbocycles. The van der Waals surface area contributed by atoms with Gasteiger partial charge in [-0.05, 0) is 31.0 Å². The summed E-state index contributed by atoms with van der Waals surface area (Å²) in [6.07, 6.45) is 3.74. The van der Waals surface area contributed by atoms with Gasteiger partial charge >= 0.3 is 0 Å². The van der Waals surface area contributed by atoms with Crippen molar-refractivity contribution in [3.8, 4) is 0 Å². The number of sulfonamides is 1. The van der Waals surface area contributed by atoms with Gasteiger partial charge in [0.15, 0.2) is 0 Å². The van der Waals surface area contributed by atoms with E-state index in [1.807, 2.05) is 0 Å². The summed E-state index contributed by atoms with van der Waals surface area (Å²) < 4.78 is 39.4. The molecule has 2 rings (SSSR count). The first-order valence-electron chi connectivity index (χ1n) is 5.97. The van der Waals surface area contributed by atoms with E-state index in [0.717, 1.165) is 37.8 Å². The Morgan fingerprint density at radius 2 is 1.72 bits per heavy atom. The second kappa shape index (κ2) is 5.55. The van der Waals surface area contributed by atoms with Crippen molar-refractivity contribution in [2.24, 2.45) is 0 Å². The molecule has 1 aliphatic rings. The summed E-state index contributed by atoms with van der Waals surface area (Å²) in [4.78, 5) is -0.133. The van der Waals surface area contributed by atoms with Crippen molar-refractivity contribution in [3.05, 3.63) is 29.0 Å². The SMILES string of the molecule is O=S(=O)(c1cc(F)ccc1Cl)N1CCCCCC1. The second-order valence-electron chi connectivity index (χ2n) is 4.39. The van der Waals surface area contributed by atoms with E-state index in [0.29, 0.717) is 13.1 Å². The Bertz CT molecular complexity index is 525. The predicted octanol–water partition coefficient (Wildman–Crippen LogP) is 3.04. The molecule has 6 heteroatoms. The standard InChI is InChI=1S/C12H15ClFNO2S/c13-11-6-5-10(14)9-12(11)18(16,17)15-7-3-1-2-4-8-15/h5-6,9H,1-4,7-8H2. The lowest BCUT2D eigenvalue weighted by molar-refractivity contribution is 0.423. The van der Waals surface area contributed by atoms with Gasteiger partial charge in [0.05, 0.1) is 5.02 Å². The van der Waals surface area contributed by atoms with Crippen LogP contribution in [0.15, 0.2) is 23.1 Å². The molecule has 0 bridgehead atoms. The van der Waals surface area contributed by atoms with Crippen molar-refractivity contribution < 1.29 is 12.8 Å². The molecule has 18 heavy (non-hydrogen) atoms. The maximum Gasteiger partial charge on any atom is 0.244 e. The summed E-state index contributed by atoms with van der Waals surface area (Å²) in [6, 6.07) is 3.42. The van der Waals surface area contributed by atoms with Crippen LogP contribution in [0.25, 0.3) is 0 Å². The number of nitrogens with zero attached hydrogens (tertiary/aromatic N) is 1. The molecule has 0 aliphatic carbocycles. The Morgan fingerprint density at radius 1 is 1.11 bits per heavy atom. The third kappa shape index (κ3) is 2.84. The molecular weight excluding hydrogens is 277 g/mol. The van der Waals surface area contributed by atoms with E-state index in [4.69, 9.17) is 11.6 Å². The van der Waals surface area contributed by atoms with Crippen LogP contribution in [0, 0.1) is 5.82 Å². The monoisotopic (exact) mass is 291 g/mol. The zero-order valence-corrected chi connectivity index (χ0v) is 11.5. The van der Waals surface area contributed by atoms with Crippen LogP contribution in [-0.4, -0.2) is 25.8 Å². The van der Waals surface area contributed by atoms with Gasteiger partial charge in [-0.3, -0.25) is 0 Å². The molecule has 1 aromatic rings. The Kier molecular flexibility index (Phi) is 4.25. The number of rotatable bonds is 2. The second-order valence-corrected chi connectivity index (χ2v) is 6.71. The highest BCUT2D eigenvalue weighted by Crippen LogP contribution is 2.27. The molecule has 0 radical (unpaired) electrons. The van der Waals surface area contributed by atoms with Crippen LogP contribution in [-0.2, 0) is 10.0 Å². The van der Waals surface area contributed by atoms with Gasteiger partial charge in [0.1, 0.15) is 10.7 Å². The molecule has 0 aromatic heterocycles. The highest BCUT2D eigenvalue weighted by atomic mass is 35.5. The first-order valence-corrected chi connectivity index (χ1v) is 7.79. The summed E-state index contributed by atoms with van der Waals surface area (Å²) in [6.45, 7) is 0.963. The van der Waals surface area contributed by atoms with E-state index in [9.17, 15) is 12.8 Å². The van der Waals surface area contributed by atoms with Gasteiger partial charge in [0.25, 0.3) is 0 Å². The first-order chi connectivity index (χ1) is 8.51. The average Bonchev–Trinajstić information content (AvgIpc) is 2.61. The zero-order chi connectivity index (χ0) is 13.2. The van der Waals surface area contributed by atoms with Crippen LogP contribution in [0.1, 0.15) is 25.7 Å². The molecule has 0 atom stereocenters. The van der Waals surface area contributed by atoms with Crippen LogP contribution < -0.4 is 0 Å². The fourth-order valence-electron chi connectivity index (χ4n) is 2.10. The average molecular weight is 292 g/mol. The maximum absolute atomic E-state index is 13.2. The van der Waals surface area contributed by atoms with E-state index in [1.165, 1.54) is 10.4 Å². The van der Waals surface area contributed by atoms with Crippen LogP contribution in [0.3, 0.4) is 0 Å². The molecule has 0 spiro atoms. The smallest absolute Gasteiger partial charge is 0.207 e. The number of hydrogen-bond donors (Lipinski definition) is 0. The molecule has 1 aliphatic heterocycles. The van der Waals surface area contributed by atoms with Crippen LogP contribution in [0.4, 0.5) is 4.39 Å². The quantitative estimate of drug-likeness (QED) is 0.840. The van der Waals surface area contributed by atoms with Gasteiger partial charge in [0.2, 0.25) is 10.0 Å². The largest absolute Gasteiger partial charge is 0.244 e. The normalized spacial score (nSPS) is 18.6. The Hall–Kier alpha value is -0.650. The number of benzene rings is 1. The van der Waals surface area contributed by atoms with Crippen molar-refractivity contribution in [2.75, 3.05) is 13.1 Å². The van der Waals surface area contributed by atoms with E-state index < -0.39 is 15.8 Å². The summed E-state index contributed by atoms with van der Waals surface area (Å²) in [5.74, 6) is -0.590. The van der Waals surface area contributed by atoms with Gasteiger partial charge in [-0.15, -0.1) is 0 Å². The molecule has 3 nitrogen and oxygen atoms in total. The minimum absolute atomic E-state index is 0.0700. The molecule has 0 saturated carbocycles.